The maximum atomic E-state index is 6.57. The fourth-order valence-electron chi connectivity index (χ4n) is 5.90. The third-order valence-corrected chi connectivity index (χ3v) is 8.12. The van der Waals surface area contributed by atoms with Gasteiger partial charge >= 0.3 is 0 Å². The van der Waals surface area contributed by atoms with Crippen LogP contribution in [0.25, 0.3) is 55.4 Å². The number of hydrogen-bond acceptors (Lipinski definition) is 4. The van der Waals surface area contributed by atoms with Crippen molar-refractivity contribution in [3.05, 3.63) is 126 Å². The number of pyridine rings is 3. The van der Waals surface area contributed by atoms with E-state index in [4.69, 9.17) is 14.4 Å². The summed E-state index contributed by atoms with van der Waals surface area (Å²) in [6.45, 7) is 17.7. The predicted octanol–water partition coefficient (Wildman–Crippen LogP) is 11.3. The van der Waals surface area contributed by atoms with Crippen LogP contribution < -0.4 is 0 Å². The Morgan fingerprint density at radius 2 is 1.42 bits per heavy atom. The molecule has 0 bridgehead atoms. The summed E-state index contributed by atoms with van der Waals surface area (Å²) < 4.78 is 6.57. The van der Waals surface area contributed by atoms with E-state index in [1.165, 1.54) is 16.7 Å². The molecule has 0 fully saturated rings. The van der Waals surface area contributed by atoms with Crippen molar-refractivity contribution < 1.29 is 24.5 Å². The predicted molar refractivity (Wildman–Crippen MR) is 195 cm³/mol. The molecule has 0 aliphatic carbocycles. The first-order valence-corrected chi connectivity index (χ1v) is 16.4. The van der Waals surface area contributed by atoms with Gasteiger partial charge in [0.05, 0.1) is 5.58 Å². The van der Waals surface area contributed by atoms with Crippen LogP contribution in [0.1, 0.15) is 63.9 Å². The van der Waals surface area contributed by atoms with Crippen LogP contribution in [0.4, 0.5) is 0 Å². The van der Waals surface area contributed by atoms with Gasteiger partial charge < -0.3 is 14.4 Å². The van der Waals surface area contributed by atoms with Crippen LogP contribution >= 0.6 is 0 Å². The zero-order valence-electron chi connectivity index (χ0n) is 29.2. The fraction of sp³-hybridized carbons (Fsp3) is 0.279. The van der Waals surface area contributed by atoms with E-state index in [-0.39, 0.29) is 30.9 Å². The molecule has 4 heterocycles. The maximum Gasteiger partial charge on any atom is 0.147 e. The van der Waals surface area contributed by atoms with Gasteiger partial charge in [-0.1, -0.05) is 94.5 Å². The summed E-state index contributed by atoms with van der Waals surface area (Å²) in [6, 6.07) is 33.3. The molecule has 4 nitrogen and oxygen atoms in total. The molecule has 7 aromatic rings. The third kappa shape index (κ3) is 8.09. The van der Waals surface area contributed by atoms with Crippen LogP contribution in [0.3, 0.4) is 0 Å². The maximum absolute atomic E-state index is 6.57. The Balaban J connectivity index is 0.000000270. The topological polar surface area (TPSA) is 51.8 Å². The van der Waals surface area contributed by atoms with E-state index in [1.807, 2.05) is 55.7 Å². The Hall–Kier alpha value is -4.18. The van der Waals surface area contributed by atoms with Gasteiger partial charge in [0.2, 0.25) is 0 Å². The fourth-order valence-corrected chi connectivity index (χ4v) is 5.90. The minimum Gasteiger partial charge on any atom is -0.498 e. The average molecular weight is 810 g/mol. The number of furan rings is 1. The Kier molecular flexibility index (Phi) is 10.3. The van der Waals surface area contributed by atoms with Gasteiger partial charge in [-0.25, -0.2) is 4.98 Å². The van der Waals surface area contributed by atoms with Crippen molar-refractivity contribution in [2.75, 3.05) is 0 Å². The van der Waals surface area contributed by atoms with Crippen molar-refractivity contribution in [2.24, 2.45) is 10.8 Å². The molecule has 7 rings (SSSR count). The van der Waals surface area contributed by atoms with Crippen LogP contribution in [-0.4, -0.2) is 15.0 Å². The average Bonchev–Trinajstić information content (AvgIpc) is 3.41. The van der Waals surface area contributed by atoms with E-state index in [2.05, 4.69) is 108 Å². The second-order valence-corrected chi connectivity index (χ2v) is 15.0. The summed E-state index contributed by atoms with van der Waals surface area (Å²) in [5, 5.41) is 3.25. The molecule has 0 atom stereocenters. The van der Waals surface area contributed by atoms with Gasteiger partial charge in [0.1, 0.15) is 11.1 Å². The van der Waals surface area contributed by atoms with Gasteiger partial charge in [-0.05, 0) is 66.1 Å². The van der Waals surface area contributed by atoms with Crippen LogP contribution in [0.5, 0.6) is 0 Å². The zero-order valence-corrected chi connectivity index (χ0v) is 31.6. The summed E-state index contributed by atoms with van der Waals surface area (Å²) in [5.74, 6) is 0. The minimum absolute atomic E-state index is 0. The van der Waals surface area contributed by atoms with Gasteiger partial charge in [0, 0.05) is 49.0 Å². The van der Waals surface area contributed by atoms with E-state index < -0.39 is 0 Å². The Morgan fingerprint density at radius 1 is 0.688 bits per heavy atom. The van der Waals surface area contributed by atoms with E-state index in [9.17, 15) is 0 Å². The second kappa shape index (κ2) is 14.1. The molecule has 247 valence electrons. The first-order chi connectivity index (χ1) is 22.3. The summed E-state index contributed by atoms with van der Waals surface area (Å²) in [6.07, 6.45) is 5.76. The van der Waals surface area contributed by atoms with Gasteiger partial charge in [-0.15, -0.1) is 54.1 Å². The number of rotatable bonds is 4. The van der Waals surface area contributed by atoms with Crippen molar-refractivity contribution in [1.29, 1.82) is 0 Å². The Morgan fingerprint density at radius 3 is 2.10 bits per heavy atom. The molecule has 0 unspecified atom stereocenters. The van der Waals surface area contributed by atoms with Gasteiger partial charge in [0.15, 0.2) is 0 Å². The number of hydrogen-bond donors (Lipinski definition) is 0. The molecule has 3 aromatic carbocycles. The summed E-state index contributed by atoms with van der Waals surface area (Å²) in [5.41, 5.74) is 11.6. The zero-order chi connectivity index (χ0) is 33.3. The minimum atomic E-state index is 0. The molecule has 0 aliphatic heterocycles. The molecule has 0 aliphatic rings. The van der Waals surface area contributed by atoms with Crippen molar-refractivity contribution in [1.82, 2.24) is 15.0 Å². The Labute approximate surface area is 298 Å². The molecule has 4 aromatic heterocycles. The number of fused-ring (bicyclic) bond motifs is 5. The molecule has 0 spiro atoms. The summed E-state index contributed by atoms with van der Waals surface area (Å²) in [7, 11) is 0. The van der Waals surface area contributed by atoms with Crippen LogP contribution in [0.15, 0.2) is 95.7 Å². The van der Waals surface area contributed by atoms with E-state index in [0.717, 1.165) is 73.9 Å². The number of aryl methyl sites for hydroxylation is 2. The number of benzene rings is 3. The van der Waals surface area contributed by atoms with Gasteiger partial charge in [0.25, 0.3) is 0 Å². The van der Waals surface area contributed by atoms with Crippen LogP contribution in [0.2, 0.25) is 0 Å². The van der Waals surface area contributed by atoms with E-state index >= 15 is 0 Å². The first kappa shape index (κ1) is 35.1. The van der Waals surface area contributed by atoms with Crippen molar-refractivity contribution in [2.45, 2.75) is 68.2 Å². The molecule has 0 amide bonds. The third-order valence-electron chi connectivity index (χ3n) is 8.12. The molecule has 0 N–H and O–H groups in total. The molecular weight excluding hydrogens is 767 g/mol. The Bertz CT molecular complexity index is 2170. The van der Waals surface area contributed by atoms with Gasteiger partial charge in [-0.2, -0.15) is 0 Å². The summed E-state index contributed by atoms with van der Waals surface area (Å²) in [4.78, 5) is 14.1. The number of nitrogens with zero attached hydrogens (tertiary/aromatic N) is 3. The van der Waals surface area contributed by atoms with Gasteiger partial charge in [-0.3, -0.25) is 0 Å². The quantitative estimate of drug-likeness (QED) is 0.166. The van der Waals surface area contributed by atoms with Crippen LogP contribution in [0, 0.1) is 36.8 Å². The SMILES string of the molecule is Cc1ccc(-c2[c-]cccc2)nc1.Cc1cnc(-c2[c-]ccc3c2oc2c3ccc3ccc(CC(C)(C)C)nc32)cc1CC(C)(C)C.[Ir]. The van der Waals surface area contributed by atoms with Crippen LogP contribution in [-0.2, 0) is 32.9 Å². The second-order valence-electron chi connectivity index (χ2n) is 15.0. The molecular formula is C43H43IrN3O-2. The number of aromatic nitrogens is 3. The first-order valence-electron chi connectivity index (χ1n) is 16.4. The largest absolute Gasteiger partial charge is 0.498 e. The molecule has 1 radical (unpaired) electrons. The van der Waals surface area contributed by atoms with Crippen molar-refractivity contribution >= 4 is 32.8 Å². The molecule has 5 heteroatoms. The van der Waals surface area contributed by atoms with E-state index in [1.54, 1.807) is 0 Å². The normalized spacial score (nSPS) is 11.8. The smallest absolute Gasteiger partial charge is 0.147 e. The molecule has 0 saturated heterocycles. The summed E-state index contributed by atoms with van der Waals surface area (Å²) >= 11 is 0. The monoisotopic (exact) mass is 810 g/mol. The van der Waals surface area contributed by atoms with E-state index in [0.29, 0.717) is 0 Å². The van der Waals surface area contributed by atoms with Crippen molar-refractivity contribution in [3.63, 3.8) is 0 Å². The molecule has 48 heavy (non-hydrogen) atoms. The standard InChI is InChI=1S/C31H33N2O.C12H10N.Ir/c1-19-18-32-26(15-21(19)16-30(2,3)4)25-10-8-9-23-24-14-12-20-11-13-22(17-31(5,6)7)33-27(20)29(24)34-28(23)25;1-10-7-8-12(13-9-10)11-5-3-2-4-6-11;/h8-9,11-15,18H,16-17H2,1-7H3;2-5,7-9H,1H3;/q2*-1;. The molecule has 0 saturated carbocycles. The van der Waals surface area contributed by atoms with Crippen molar-refractivity contribution in [3.8, 4) is 22.5 Å².